The van der Waals surface area contributed by atoms with Gasteiger partial charge in [-0.1, -0.05) is 0 Å². The highest BCUT2D eigenvalue weighted by molar-refractivity contribution is 6.00. The smallest absolute Gasteiger partial charge is 0.227 e. The van der Waals surface area contributed by atoms with Gasteiger partial charge >= 0.3 is 0 Å². The molecule has 0 atom stereocenters. The van der Waals surface area contributed by atoms with Crippen molar-refractivity contribution in [3.63, 3.8) is 0 Å². The number of rotatable bonds is 6. The lowest BCUT2D eigenvalue weighted by molar-refractivity contribution is -0.116. The molecule has 0 radical (unpaired) electrons. The Morgan fingerprint density at radius 1 is 1.21 bits per heavy atom. The number of anilines is 1. The molecule has 0 unspecified atom stereocenters. The van der Waals surface area contributed by atoms with E-state index in [9.17, 15) is 9.59 Å². The van der Waals surface area contributed by atoms with Crippen molar-refractivity contribution in [3.8, 4) is 11.8 Å². The first-order valence-electron chi connectivity index (χ1n) is 7.43. The number of carbonyl (C=O) groups is 2. The van der Waals surface area contributed by atoms with Crippen LogP contribution in [0.1, 0.15) is 40.1 Å². The number of nitrogens with one attached hydrogen (secondary N) is 1. The van der Waals surface area contributed by atoms with Crippen molar-refractivity contribution in [3.05, 3.63) is 46.7 Å². The number of ketones is 1. The highest BCUT2D eigenvalue weighted by atomic mass is 16.5. The molecule has 1 N–H and O–H groups in total. The second-order valence-corrected chi connectivity index (χ2v) is 5.30. The molecule has 6 heteroatoms. The zero-order chi connectivity index (χ0) is 17.7. The van der Waals surface area contributed by atoms with Gasteiger partial charge in [-0.05, 0) is 38.1 Å². The van der Waals surface area contributed by atoms with Crippen LogP contribution in [0.4, 0.5) is 5.88 Å². The van der Waals surface area contributed by atoms with E-state index in [4.69, 9.17) is 14.4 Å². The van der Waals surface area contributed by atoms with Gasteiger partial charge < -0.3 is 9.15 Å². The summed E-state index contributed by atoms with van der Waals surface area (Å²) in [6.45, 7) is 3.47. The van der Waals surface area contributed by atoms with Crippen molar-refractivity contribution in [2.45, 2.75) is 26.7 Å². The third-order valence-corrected chi connectivity index (χ3v) is 3.74. The Kier molecular flexibility index (Phi) is 5.38. The number of nitriles is 1. The van der Waals surface area contributed by atoms with E-state index in [1.165, 1.54) is 0 Å². The van der Waals surface area contributed by atoms with E-state index >= 15 is 0 Å². The number of hydrogen-bond acceptors (Lipinski definition) is 5. The van der Waals surface area contributed by atoms with Gasteiger partial charge in [0.15, 0.2) is 5.78 Å². The molecule has 24 heavy (non-hydrogen) atoms. The second-order valence-electron chi connectivity index (χ2n) is 5.30. The molecule has 1 aromatic carbocycles. The van der Waals surface area contributed by atoms with Crippen LogP contribution >= 0.6 is 0 Å². The molecular weight excluding hydrogens is 308 g/mol. The van der Waals surface area contributed by atoms with Gasteiger partial charge in [-0.25, -0.2) is 0 Å². The van der Waals surface area contributed by atoms with Crippen LogP contribution in [0, 0.1) is 25.2 Å². The molecule has 0 bridgehead atoms. The molecule has 2 rings (SSSR count). The summed E-state index contributed by atoms with van der Waals surface area (Å²) in [7, 11) is 1.55. The van der Waals surface area contributed by atoms with E-state index < -0.39 is 0 Å². The Morgan fingerprint density at radius 3 is 2.46 bits per heavy atom. The van der Waals surface area contributed by atoms with Gasteiger partial charge in [0, 0.05) is 24.0 Å². The van der Waals surface area contributed by atoms with Gasteiger partial charge in [0.05, 0.1) is 7.11 Å². The first-order chi connectivity index (χ1) is 11.5. The van der Waals surface area contributed by atoms with Gasteiger partial charge in [-0.15, -0.1) is 0 Å². The van der Waals surface area contributed by atoms with E-state index in [-0.39, 0.29) is 30.4 Å². The van der Waals surface area contributed by atoms with E-state index in [1.807, 2.05) is 6.07 Å². The van der Waals surface area contributed by atoms with Gasteiger partial charge in [0.25, 0.3) is 0 Å². The number of methoxy groups -OCH3 is 1. The highest BCUT2D eigenvalue weighted by Gasteiger charge is 2.17. The van der Waals surface area contributed by atoms with Crippen LogP contribution in [-0.4, -0.2) is 18.8 Å². The van der Waals surface area contributed by atoms with Gasteiger partial charge in [0.1, 0.15) is 23.1 Å². The molecule has 0 spiro atoms. The fourth-order valence-electron chi connectivity index (χ4n) is 2.19. The summed E-state index contributed by atoms with van der Waals surface area (Å²) >= 11 is 0. The molecule has 0 fully saturated rings. The molecular formula is C18H18N2O4. The maximum atomic E-state index is 12.1. The predicted octanol–water partition coefficient (Wildman–Crippen LogP) is 3.38. The van der Waals surface area contributed by atoms with Crippen molar-refractivity contribution < 1.29 is 18.7 Å². The van der Waals surface area contributed by atoms with Crippen molar-refractivity contribution in [1.82, 2.24) is 0 Å². The quantitative estimate of drug-likeness (QED) is 0.822. The number of carbonyl (C=O) groups excluding carboxylic acids is 2. The normalized spacial score (nSPS) is 10.1. The summed E-state index contributed by atoms with van der Waals surface area (Å²) in [6, 6.07) is 8.71. The van der Waals surface area contributed by atoms with Crippen LogP contribution in [0.5, 0.6) is 5.75 Å². The fourth-order valence-corrected chi connectivity index (χ4v) is 2.19. The molecule has 0 aliphatic rings. The molecule has 1 aromatic heterocycles. The molecule has 0 saturated carbocycles. The Balaban J connectivity index is 1.94. The molecule has 124 valence electrons. The average Bonchev–Trinajstić information content (AvgIpc) is 2.86. The third kappa shape index (κ3) is 3.82. The van der Waals surface area contributed by atoms with E-state index in [1.54, 1.807) is 45.2 Å². The summed E-state index contributed by atoms with van der Waals surface area (Å²) in [4.78, 5) is 24.1. The van der Waals surface area contributed by atoms with E-state index in [2.05, 4.69) is 5.32 Å². The third-order valence-electron chi connectivity index (χ3n) is 3.74. The van der Waals surface area contributed by atoms with Gasteiger partial charge in [-0.2, -0.15) is 5.26 Å². The lowest BCUT2D eigenvalue weighted by Gasteiger charge is -2.04. The van der Waals surface area contributed by atoms with E-state index in [0.29, 0.717) is 28.2 Å². The number of ether oxygens (including phenoxy) is 1. The number of benzene rings is 1. The van der Waals surface area contributed by atoms with Crippen LogP contribution in [0.15, 0.2) is 28.7 Å². The Hall–Kier alpha value is -3.07. The first kappa shape index (κ1) is 17.3. The lowest BCUT2D eigenvalue weighted by Crippen LogP contribution is -2.13. The lowest BCUT2D eigenvalue weighted by atomic mass is 10.1. The number of amides is 1. The summed E-state index contributed by atoms with van der Waals surface area (Å²) in [6.07, 6.45) is 0.0766. The molecule has 0 aliphatic carbocycles. The van der Waals surface area contributed by atoms with Crippen LogP contribution in [0.2, 0.25) is 0 Å². The number of hydrogen-bond donors (Lipinski definition) is 1. The van der Waals surface area contributed by atoms with Crippen LogP contribution in [0.3, 0.4) is 0 Å². The molecule has 0 saturated heterocycles. The Bertz CT molecular complexity index is 798. The van der Waals surface area contributed by atoms with Crippen molar-refractivity contribution in [1.29, 1.82) is 5.26 Å². The number of nitrogens with zero attached hydrogens (tertiary/aromatic N) is 1. The molecule has 0 aliphatic heterocycles. The molecule has 1 heterocycles. The minimum absolute atomic E-state index is 0.00846. The summed E-state index contributed by atoms with van der Waals surface area (Å²) in [5, 5.41) is 11.7. The van der Waals surface area contributed by atoms with Gasteiger partial charge in [0.2, 0.25) is 11.8 Å². The average molecular weight is 326 g/mol. The Morgan fingerprint density at radius 2 is 1.88 bits per heavy atom. The Labute approximate surface area is 140 Å². The summed E-state index contributed by atoms with van der Waals surface area (Å²) in [5.74, 6) is 0.865. The van der Waals surface area contributed by atoms with Crippen LogP contribution in [-0.2, 0) is 4.79 Å². The fraction of sp³-hybridized carbons (Fsp3) is 0.278. The minimum atomic E-state index is -0.373. The molecule has 6 nitrogen and oxygen atoms in total. The second kappa shape index (κ2) is 7.47. The highest BCUT2D eigenvalue weighted by Crippen LogP contribution is 2.25. The number of aryl methyl sites for hydroxylation is 1. The topological polar surface area (TPSA) is 92.3 Å². The zero-order valence-corrected chi connectivity index (χ0v) is 13.8. The van der Waals surface area contributed by atoms with Crippen molar-refractivity contribution in [2.75, 3.05) is 12.4 Å². The number of furan rings is 1. The van der Waals surface area contributed by atoms with Crippen LogP contribution < -0.4 is 10.1 Å². The number of Topliss-reactive ketones (excluding diaryl/α,β-unsaturated/α-hetero) is 1. The maximum absolute atomic E-state index is 12.1. The first-order valence-corrected chi connectivity index (χ1v) is 7.43. The molecule has 2 aromatic rings. The minimum Gasteiger partial charge on any atom is -0.497 e. The largest absolute Gasteiger partial charge is 0.497 e. The SMILES string of the molecule is COc1ccc(C(=O)CCC(=O)Nc2oc(C)c(C)c2C#N)cc1. The van der Waals surface area contributed by atoms with Crippen LogP contribution in [0.25, 0.3) is 0 Å². The monoisotopic (exact) mass is 326 g/mol. The standard InChI is InChI=1S/C18H18N2O4/c1-11-12(2)24-18(15(11)10-19)20-17(22)9-8-16(21)13-4-6-14(23-3)7-5-13/h4-7H,8-9H2,1-3H3,(H,20,22). The maximum Gasteiger partial charge on any atom is 0.227 e. The summed E-state index contributed by atoms with van der Waals surface area (Å²) < 4.78 is 10.4. The predicted molar refractivity (Wildman–Crippen MR) is 88.1 cm³/mol. The summed E-state index contributed by atoms with van der Waals surface area (Å²) in [5.41, 5.74) is 1.52. The van der Waals surface area contributed by atoms with Gasteiger partial charge in [-0.3, -0.25) is 14.9 Å². The molecule has 1 amide bonds. The zero-order valence-electron chi connectivity index (χ0n) is 13.8. The van der Waals surface area contributed by atoms with Crippen molar-refractivity contribution >= 4 is 17.6 Å². The van der Waals surface area contributed by atoms with Crippen molar-refractivity contribution in [2.24, 2.45) is 0 Å². The van der Waals surface area contributed by atoms with E-state index in [0.717, 1.165) is 0 Å².